The first-order valence-corrected chi connectivity index (χ1v) is 8.36. The first-order chi connectivity index (χ1) is 10.3. The summed E-state index contributed by atoms with van der Waals surface area (Å²) in [6, 6.07) is 5.54. The Morgan fingerprint density at radius 1 is 1.05 bits per heavy atom. The predicted octanol–water partition coefficient (Wildman–Crippen LogP) is 4.80. The highest BCUT2D eigenvalue weighted by atomic mass is 16.5. The number of rotatable bonds is 8. The van der Waals surface area contributed by atoms with E-state index >= 15 is 0 Å². The molecule has 1 fully saturated rings. The Kier molecular flexibility index (Phi) is 6.71. The lowest BCUT2D eigenvalue weighted by Gasteiger charge is -2.21. The molecule has 1 saturated carbocycles. The molecular weight excluding hydrogens is 262 g/mol. The molecule has 2 rings (SSSR count). The molecule has 3 nitrogen and oxygen atoms in total. The molecule has 3 heteroatoms. The molecule has 0 radical (unpaired) electrons. The van der Waals surface area contributed by atoms with Crippen LogP contribution in [0.1, 0.15) is 57.8 Å². The van der Waals surface area contributed by atoms with Crippen molar-refractivity contribution in [1.82, 2.24) is 0 Å². The molecule has 0 heterocycles. The summed E-state index contributed by atoms with van der Waals surface area (Å²) in [5.41, 5.74) is 6.43. The Bertz CT molecular complexity index is 414. The fourth-order valence-corrected chi connectivity index (χ4v) is 3.17. The molecule has 1 aromatic rings. The normalized spacial score (nSPS) is 15.9. The van der Waals surface area contributed by atoms with E-state index in [1.54, 1.807) is 13.2 Å². The smallest absolute Gasteiger partial charge is 0.162 e. The van der Waals surface area contributed by atoms with Gasteiger partial charge in [0.2, 0.25) is 0 Å². The molecule has 1 aliphatic rings. The van der Waals surface area contributed by atoms with Crippen molar-refractivity contribution >= 4 is 5.69 Å². The second-order valence-electron chi connectivity index (χ2n) is 6.11. The van der Waals surface area contributed by atoms with Crippen molar-refractivity contribution in [3.05, 3.63) is 18.2 Å². The minimum Gasteiger partial charge on any atom is -0.493 e. The Morgan fingerprint density at radius 2 is 1.86 bits per heavy atom. The fraction of sp³-hybridized carbons (Fsp3) is 0.667. The Morgan fingerprint density at radius 3 is 2.62 bits per heavy atom. The fourth-order valence-electron chi connectivity index (χ4n) is 3.17. The zero-order valence-corrected chi connectivity index (χ0v) is 13.3. The molecule has 0 unspecified atom stereocenters. The van der Waals surface area contributed by atoms with E-state index in [0.29, 0.717) is 5.69 Å². The average molecular weight is 291 g/mol. The van der Waals surface area contributed by atoms with Gasteiger partial charge in [0, 0.05) is 11.8 Å². The molecule has 0 aliphatic heterocycles. The summed E-state index contributed by atoms with van der Waals surface area (Å²) in [5.74, 6) is 2.51. The van der Waals surface area contributed by atoms with Crippen LogP contribution in [0.25, 0.3) is 0 Å². The number of hydrogen-bond donors (Lipinski definition) is 1. The second-order valence-corrected chi connectivity index (χ2v) is 6.11. The summed E-state index contributed by atoms with van der Waals surface area (Å²) in [4.78, 5) is 0. The van der Waals surface area contributed by atoms with E-state index in [0.717, 1.165) is 30.4 Å². The van der Waals surface area contributed by atoms with Crippen LogP contribution in [0.2, 0.25) is 0 Å². The number of hydrogen-bond acceptors (Lipinski definition) is 3. The van der Waals surface area contributed by atoms with Gasteiger partial charge in [0.05, 0.1) is 13.7 Å². The van der Waals surface area contributed by atoms with E-state index in [9.17, 15) is 0 Å². The van der Waals surface area contributed by atoms with Crippen molar-refractivity contribution in [2.24, 2.45) is 5.92 Å². The van der Waals surface area contributed by atoms with Crippen LogP contribution < -0.4 is 15.2 Å². The first-order valence-electron chi connectivity index (χ1n) is 8.36. The van der Waals surface area contributed by atoms with Crippen LogP contribution in [0.15, 0.2) is 18.2 Å². The molecule has 1 aliphatic carbocycles. The third kappa shape index (κ3) is 5.49. The Hall–Kier alpha value is -1.38. The average Bonchev–Trinajstić information content (AvgIpc) is 2.52. The zero-order chi connectivity index (χ0) is 14.9. The van der Waals surface area contributed by atoms with Crippen molar-refractivity contribution < 1.29 is 9.47 Å². The first kappa shape index (κ1) is 16.0. The molecule has 0 spiro atoms. The maximum Gasteiger partial charge on any atom is 0.162 e. The lowest BCUT2D eigenvalue weighted by Crippen LogP contribution is -2.06. The van der Waals surface area contributed by atoms with E-state index in [1.165, 1.54) is 51.4 Å². The molecule has 0 bridgehead atoms. The molecule has 0 aromatic heterocycles. The van der Waals surface area contributed by atoms with E-state index in [4.69, 9.17) is 15.2 Å². The summed E-state index contributed by atoms with van der Waals surface area (Å²) >= 11 is 0. The third-order valence-corrected chi connectivity index (χ3v) is 4.43. The van der Waals surface area contributed by atoms with Crippen molar-refractivity contribution in [3.63, 3.8) is 0 Å². The lowest BCUT2D eigenvalue weighted by molar-refractivity contribution is 0.278. The molecule has 2 N–H and O–H groups in total. The number of nitrogens with two attached hydrogens (primary N) is 1. The molecule has 21 heavy (non-hydrogen) atoms. The Balaban J connectivity index is 1.59. The minimum absolute atomic E-state index is 0.701. The summed E-state index contributed by atoms with van der Waals surface area (Å²) in [7, 11) is 1.64. The zero-order valence-electron chi connectivity index (χ0n) is 13.3. The molecule has 0 amide bonds. The number of benzene rings is 1. The van der Waals surface area contributed by atoms with Gasteiger partial charge in [-0.3, -0.25) is 0 Å². The number of nitrogen functional groups attached to an aromatic ring is 1. The molecular formula is C18H29NO2. The van der Waals surface area contributed by atoms with Gasteiger partial charge in [0.15, 0.2) is 11.5 Å². The van der Waals surface area contributed by atoms with Crippen LogP contribution in [0.3, 0.4) is 0 Å². The number of anilines is 1. The van der Waals surface area contributed by atoms with Gasteiger partial charge < -0.3 is 15.2 Å². The van der Waals surface area contributed by atoms with E-state index in [-0.39, 0.29) is 0 Å². The van der Waals surface area contributed by atoms with Crippen molar-refractivity contribution in [2.45, 2.75) is 57.8 Å². The van der Waals surface area contributed by atoms with Crippen molar-refractivity contribution in [3.8, 4) is 11.5 Å². The quantitative estimate of drug-likeness (QED) is 0.553. The van der Waals surface area contributed by atoms with E-state index < -0.39 is 0 Å². The van der Waals surface area contributed by atoms with Gasteiger partial charge in [-0.05, 0) is 24.5 Å². The molecule has 1 aromatic carbocycles. The number of methoxy groups -OCH3 is 1. The van der Waals surface area contributed by atoms with Gasteiger partial charge in [0.25, 0.3) is 0 Å². The van der Waals surface area contributed by atoms with Gasteiger partial charge in [0.1, 0.15) is 0 Å². The topological polar surface area (TPSA) is 44.5 Å². The molecule has 0 saturated heterocycles. The van der Waals surface area contributed by atoms with Crippen LogP contribution in [0.5, 0.6) is 11.5 Å². The molecule has 118 valence electrons. The number of ether oxygens (including phenoxy) is 2. The van der Waals surface area contributed by atoms with Crippen LogP contribution in [-0.2, 0) is 0 Å². The predicted molar refractivity (Wildman–Crippen MR) is 87.9 cm³/mol. The van der Waals surface area contributed by atoms with Gasteiger partial charge in [-0.15, -0.1) is 0 Å². The summed E-state index contributed by atoms with van der Waals surface area (Å²) in [6.07, 6.45) is 12.4. The van der Waals surface area contributed by atoms with E-state index in [2.05, 4.69) is 0 Å². The maximum absolute atomic E-state index is 5.79. The minimum atomic E-state index is 0.701. The largest absolute Gasteiger partial charge is 0.493 e. The molecule has 0 atom stereocenters. The highest BCUT2D eigenvalue weighted by Crippen LogP contribution is 2.30. The second kappa shape index (κ2) is 8.81. The van der Waals surface area contributed by atoms with E-state index in [1.807, 2.05) is 12.1 Å². The van der Waals surface area contributed by atoms with Crippen LogP contribution in [0.4, 0.5) is 5.69 Å². The monoisotopic (exact) mass is 291 g/mol. The highest BCUT2D eigenvalue weighted by Gasteiger charge is 2.12. The third-order valence-electron chi connectivity index (χ3n) is 4.43. The summed E-state index contributed by atoms with van der Waals surface area (Å²) in [5, 5.41) is 0. The van der Waals surface area contributed by atoms with Gasteiger partial charge in [-0.25, -0.2) is 0 Å². The SMILES string of the molecule is COc1cc(N)ccc1OCCCCCC1CCCCC1. The van der Waals surface area contributed by atoms with Crippen LogP contribution >= 0.6 is 0 Å². The highest BCUT2D eigenvalue weighted by molar-refractivity contribution is 5.51. The summed E-state index contributed by atoms with van der Waals surface area (Å²) < 4.78 is 11.1. The van der Waals surface area contributed by atoms with Crippen LogP contribution in [0, 0.1) is 5.92 Å². The van der Waals surface area contributed by atoms with Crippen LogP contribution in [-0.4, -0.2) is 13.7 Å². The number of unbranched alkanes of at least 4 members (excludes halogenated alkanes) is 2. The lowest BCUT2D eigenvalue weighted by atomic mass is 9.86. The Labute approximate surface area is 128 Å². The van der Waals surface area contributed by atoms with Gasteiger partial charge in [-0.1, -0.05) is 51.4 Å². The standard InChI is InChI=1S/C18H29NO2/c1-20-18-14-16(19)11-12-17(18)21-13-7-3-6-10-15-8-4-2-5-9-15/h11-12,14-15H,2-10,13,19H2,1H3. The van der Waals surface area contributed by atoms with Gasteiger partial charge >= 0.3 is 0 Å². The van der Waals surface area contributed by atoms with Gasteiger partial charge in [-0.2, -0.15) is 0 Å². The van der Waals surface area contributed by atoms with Crippen molar-refractivity contribution in [2.75, 3.05) is 19.5 Å². The summed E-state index contributed by atoms with van der Waals surface area (Å²) in [6.45, 7) is 0.755. The maximum atomic E-state index is 5.79. The van der Waals surface area contributed by atoms with Crippen molar-refractivity contribution in [1.29, 1.82) is 0 Å².